The van der Waals surface area contributed by atoms with Crippen LogP contribution in [0.2, 0.25) is 0 Å². The molecule has 0 heterocycles. The molecule has 0 aromatic heterocycles. The fraction of sp³-hybridized carbons (Fsp3) is 0.0667. The molecule has 1 aliphatic rings. The maximum absolute atomic E-state index is 11.3. The van der Waals surface area contributed by atoms with Crippen molar-refractivity contribution >= 4 is 16.2 Å². The van der Waals surface area contributed by atoms with Gasteiger partial charge in [-0.25, -0.2) is 0 Å². The second-order valence-corrected chi connectivity index (χ2v) is 5.91. The number of hydrogen-bond acceptors (Lipinski definition) is 3. The van der Waals surface area contributed by atoms with E-state index in [2.05, 4.69) is 0 Å². The van der Waals surface area contributed by atoms with E-state index < -0.39 is 15.4 Å². The predicted molar refractivity (Wildman–Crippen MR) is 80.3 cm³/mol. The Morgan fingerprint density at radius 3 is 2.55 bits per heavy atom. The largest absolute Gasteiger partial charge is 0.399 e. The lowest BCUT2D eigenvalue weighted by Gasteiger charge is -2.15. The SMILES string of the molecule is NC1=CC(=CC=Cc2ccccc2)C(S(=O)(=O)O)C=C1. The molecular formula is C15H15NO3S. The van der Waals surface area contributed by atoms with Gasteiger partial charge in [0.05, 0.1) is 0 Å². The van der Waals surface area contributed by atoms with Crippen LogP contribution in [0.25, 0.3) is 6.08 Å². The van der Waals surface area contributed by atoms with Crippen LogP contribution in [0.15, 0.2) is 72.0 Å². The van der Waals surface area contributed by atoms with Gasteiger partial charge in [0.15, 0.2) is 0 Å². The molecule has 0 fully saturated rings. The zero-order valence-corrected chi connectivity index (χ0v) is 11.5. The molecule has 0 spiro atoms. The molecule has 4 nitrogen and oxygen atoms in total. The number of allylic oxidation sites excluding steroid dienone is 4. The maximum Gasteiger partial charge on any atom is 0.275 e. The van der Waals surface area contributed by atoms with Crippen LogP contribution in [-0.2, 0) is 10.1 Å². The Morgan fingerprint density at radius 2 is 1.90 bits per heavy atom. The summed E-state index contributed by atoms with van der Waals surface area (Å²) in [4.78, 5) is 0. The van der Waals surface area contributed by atoms with Crippen molar-refractivity contribution in [1.82, 2.24) is 0 Å². The minimum atomic E-state index is -4.18. The average Bonchev–Trinajstić information content (AvgIpc) is 2.38. The van der Waals surface area contributed by atoms with E-state index in [0.29, 0.717) is 11.3 Å². The summed E-state index contributed by atoms with van der Waals surface area (Å²) < 4.78 is 31.8. The standard InChI is InChI=1S/C15H15NO3S/c16-14-9-10-15(20(17,18)19)13(11-14)8-4-7-12-5-2-1-3-6-12/h1-11,15H,16H2,(H,17,18,19). The molecule has 1 aromatic carbocycles. The van der Waals surface area contributed by atoms with Gasteiger partial charge in [-0.05, 0) is 23.3 Å². The molecule has 1 aromatic rings. The van der Waals surface area contributed by atoms with Gasteiger partial charge in [0, 0.05) is 5.70 Å². The van der Waals surface area contributed by atoms with Crippen LogP contribution in [0, 0.1) is 0 Å². The lowest BCUT2D eigenvalue weighted by Crippen LogP contribution is -2.22. The van der Waals surface area contributed by atoms with Crippen molar-refractivity contribution < 1.29 is 13.0 Å². The van der Waals surface area contributed by atoms with E-state index in [1.165, 1.54) is 18.2 Å². The van der Waals surface area contributed by atoms with E-state index in [0.717, 1.165) is 5.56 Å². The second-order valence-electron chi connectivity index (χ2n) is 4.38. The van der Waals surface area contributed by atoms with E-state index in [9.17, 15) is 13.0 Å². The molecule has 3 N–H and O–H groups in total. The molecule has 1 atom stereocenters. The average molecular weight is 289 g/mol. The summed E-state index contributed by atoms with van der Waals surface area (Å²) in [5.74, 6) is 0. The summed E-state index contributed by atoms with van der Waals surface area (Å²) >= 11 is 0. The van der Waals surface area contributed by atoms with Crippen LogP contribution in [0.1, 0.15) is 5.56 Å². The number of nitrogens with two attached hydrogens (primary N) is 1. The van der Waals surface area contributed by atoms with Crippen LogP contribution in [0.4, 0.5) is 0 Å². The maximum atomic E-state index is 11.3. The zero-order valence-electron chi connectivity index (χ0n) is 10.7. The lowest BCUT2D eigenvalue weighted by molar-refractivity contribution is 0.479. The quantitative estimate of drug-likeness (QED) is 0.837. The van der Waals surface area contributed by atoms with Crippen molar-refractivity contribution in [3.05, 3.63) is 77.5 Å². The Labute approximate surface area is 118 Å². The first kappa shape index (κ1) is 14.3. The summed E-state index contributed by atoms with van der Waals surface area (Å²) in [5, 5.41) is -1.07. The third-order valence-electron chi connectivity index (χ3n) is 2.82. The van der Waals surface area contributed by atoms with Gasteiger partial charge in [-0.3, -0.25) is 4.55 Å². The van der Waals surface area contributed by atoms with Crippen LogP contribution < -0.4 is 5.73 Å². The molecule has 0 aliphatic heterocycles. The van der Waals surface area contributed by atoms with Gasteiger partial charge >= 0.3 is 0 Å². The van der Waals surface area contributed by atoms with E-state index in [-0.39, 0.29) is 0 Å². The zero-order chi connectivity index (χ0) is 14.6. The Bertz CT molecular complexity index is 698. The number of benzene rings is 1. The Morgan fingerprint density at radius 1 is 1.20 bits per heavy atom. The fourth-order valence-electron chi connectivity index (χ4n) is 1.88. The first-order valence-corrected chi connectivity index (χ1v) is 7.52. The van der Waals surface area contributed by atoms with E-state index >= 15 is 0 Å². The first-order chi connectivity index (χ1) is 9.47. The van der Waals surface area contributed by atoms with Crippen LogP contribution in [-0.4, -0.2) is 18.2 Å². The smallest absolute Gasteiger partial charge is 0.275 e. The summed E-state index contributed by atoms with van der Waals surface area (Å²) in [6, 6.07) is 9.60. The minimum absolute atomic E-state index is 0.430. The third kappa shape index (κ3) is 3.69. The monoisotopic (exact) mass is 289 g/mol. The Kier molecular flexibility index (Phi) is 4.22. The van der Waals surface area contributed by atoms with E-state index in [4.69, 9.17) is 5.73 Å². The van der Waals surface area contributed by atoms with Crippen molar-refractivity contribution in [3.63, 3.8) is 0 Å². The van der Waals surface area contributed by atoms with E-state index in [1.807, 2.05) is 36.4 Å². The summed E-state index contributed by atoms with van der Waals surface area (Å²) in [5.41, 5.74) is 7.52. The van der Waals surface area contributed by atoms with Crippen LogP contribution in [0.3, 0.4) is 0 Å². The fourth-order valence-corrected chi connectivity index (χ4v) is 2.65. The predicted octanol–water partition coefficient (Wildman–Crippen LogP) is 2.30. The number of hydrogen-bond donors (Lipinski definition) is 2. The van der Waals surface area contributed by atoms with Crippen molar-refractivity contribution in [3.8, 4) is 0 Å². The first-order valence-electron chi connectivity index (χ1n) is 6.02. The molecule has 0 saturated carbocycles. The molecule has 20 heavy (non-hydrogen) atoms. The highest BCUT2D eigenvalue weighted by Gasteiger charge is 2.25. The third-order valence-corrected chi connectivity index (χ3v) is 3.89. The van der Waals surface area contributed by atoms with Gasteiger partial charge in [-0.1, -0.05) is 54.6 Å². The highest BCUT2D eigenvalue weighted by Crippen LogP contribution is 2.20. The van der Waals surface area contributed by atoms with Gasteiger partial charge in [0.25, 0.3) is 10.1 Å². The number of rotatable bonds is 3. The van der Waals surface area contributed by atoms with Crippen molar-refractivity contribution in [2.75, 3.05) is 0 Å². The van der Waals surface area contributed by atoms with Crippen LogP contribution in [0.5, 0.6) is 0 Å². The molecule has 0 amide bonds. The lowest BCUT2D eigenvalue weighted by atomic mass is 10.0. The van der Waals surface area contributed by atoms with E-state index in [1.54, 1.807) is 12.2 Å². The highest BCUT2D eigenvalue weighted by atomic mass is 32.2. The topological polar surface area (TPSA) is 80.4 Å². The minimum Gasteiger partial charge on any atom is -0.399 e. The van der Waals surface area contributed by atoms with Gasteiger partial charge < -0.3 is 5.73 Å². The molecule has 1 unspecified atom stereocenters. The van der Waals surface area contributed by atoms with Crippen molar-refractivity contribution in [2.45, 2.75) is 5.25 Å². The highest BCUT2D eigenvalue weighted by molar-refractivity contribution is 7.86. The second kappa shape index (κ2) is 5.90. The van der Waals surface area contributed by atoms with Gasteiger partial charge in [0.1, 0.15) is 5.25 Å². The Balaban J connectivity index is 2.27. The molecule has 0 bridgehead atoms. The molecule has 5 heteroatoms. The molecule has 104 valence electrons. The molecule has 0 saturated heterocycles. The summed E-state index contributed by atoms with van der Waals surface area (Å²) in [6.07, 6.45) is 9.57. The van der Waals surface area contributed by atoms with Crippen molar-refractivity contribution in [1.29, 1.82) is 0 Å². The van der Waals surface area contributed by atoms with Gasteiger partial charge in [-0.2, -0.15) is 8.42 Å². The van der Waals surface area contributed by atoms with Gasteiger partial charge in [-0.15, -0.1) is 0 Å². The molecule has 0 radical (unpaired) electrons. The molecule has 1 aliphatic carbocycles. The van der Waals surface area contributed by atoms with Crippen molar-refractivity contribution in [2.24, 2.45) is 5.73 Å². The van der Waals surface area contributed by atoms with Crippen LogP contribution >= 0.6 is 0 Å². The molecular weight excluding hydrogens is 274 g/mol. The normalized spacial score (nSPS) is 21.4. The Hall–Kier alpha value is -2.11. The summed E-state index contributed by atoms with van der Waals surface area (Å²) in [7, 11) is -4.18. The summed E-state index contributed by atoms with van der Waals surface area (Å²) in [6.45, 7) is 0. The van der Waals surface area contributed by atoms with Gasteiger partial charge in [0.2, 0.25) is 0 Å². The molecule has 2 rings (SSSR count).